The van der Waals surface area contributed by atoms with Gasteiger partial charge in [0.05, 0.1) is 12.6 Å². The summed E-state index contributed by atoms with van der Waals surface area (Å²) in [5.41, 5.74) is 2.30. The summed E-state index contributed by atoms with van der Waals surface area (Å²) in [6.07, 6.45) is 4.82. The number of ether oxygens (including phenoxy) is 1. The Kier molecular flexibility index (Phi) is 3.91. The highest BCUT2D eigenvalue weighted by molar-refractivity contribution is 5.97. The van der Waals surface area contributed by atoms with E-state index in [4.69, 9.17) is 4.74 Å². The number of pyridine rings is 1. The van der Waals surface area contributed by atoms with Gasteiger partial charge in [-0.15, -0.1) is 0 Å². The number of fused-ring (bicyclic) bond motifs is 1. The largest absolute Gasteiger partial charge is 0.481 e. The molecule has 1 amide bonds. The number of carbonyl (C=O) groups is 1. The fourth-order valence-electron chi connectivity index (χ4n) is 2.08. The lowest BCUT2D eigenvalue weighted by atomic mass is 10.1. The zero-order valence-electron chi connectivity index (χ0n) is 12.0. The van der Waals surface area contributed by atoms with Crippen LogP contribution in [0.25, 0.3) is 10.9 Å². The summed E-state index contributed by atoms with van der Waals surface area (Å²) in [5.74, 6) is 0.371. The van der Waals surface area contributed by atoms with E-state index in [1.54, 1.807) is 43.8 Å². The maximum Gasteiger partial charge on any atom is 0.251 e. The molecule has 0 saturated heterocycles. The summed E-state index contributed by atoms with van der Waals surface area (Å²) in [7, 11) is 1.56. The maximum atomic E-state index is 12.2. The molecule has 110 valence electrons. The molecule has 0 spiro atoms. The molecule has 0 bridgehead atoms. The Morgan fingerprint density at radius 1 is 1.23 bits per heavy atom. The minimum absolute atomic E-state index is 0.151. The van der Waals surface area contributed by atoms with Crippen LogP contribution < -0.4 is 10.1 Å². The molecular weight excluding hydrogens is 280 g/mol. The van der Waals surface area contributed by atoms with E-state index >= 15 is 0 Å². The van der Waals surface area contributed by atoms with E-state index in [1.165, 1.54) is 6.33 Å². The van der Waals surface area contributed by atoms with E-state index in [1.807, 2.05) is 6.07 Å². The molecule has 0 unspecified atom stereocenters. The molecular formula is C16H14N4O2. The van der Waals surface area contributed by atoms with Crippen LogP contribution in [-0.4, -0.2) is 28.0 Å². The average molecular weight is 294 g/mol. The Bertz CT molecular complexity index is 820. The SMILES string of the molecule is COc1cc(CNC(=O)c2ccc3ncncc3c2)ccn1. The van der Waals surface area contributed by atoms with Crippen molar-refractivity contribution < 1.29 is 9.53 Å². The number of amides is 1. The molecule has 1 aromatic carbocycles. The van der Waals surface area contributed by atoms with Crippen LogP contribution in [0.1, 0.15) is 15.9 Å². The Morgan fingerprint density at radius 3 is 3.00 bits per heavy atom. The van der Waals surface area contributed by atoms with E-state index < -0.39 is 0 Å². The fraction of sp³-hybridized carbons (Fsp3) is 0.125. The second-order valence-electron chi connectivity index (χ2n) is 4.69. The van der Waals surface area contributed by atoms with Crippen molar-refractivity contribution in [3.8, 4) is 5.88 Å². The zero-order valence-corrected chi connectivity index (χ0v) is 12.0. The third kappa shape index (κ3) is 3.01. The Morgan fingerprint density at radius 2 is 2.14 bits per heavy atom. The van der Waals surface area contributed by atoms with Crippen molar-refractivity contribution in [3.63, 3.8) is 0 Å². The number of nitrogens with zero attached hydrogens (tertiary/aromatic N) is 3. The molecule has 0 aliphatic rings. The van der Waals surface area contributed by atoms with Crippen molar-refractivity contribution in [2.45, 2.75) is 6.54 Å². The van der Waals surface area contributed by atoms with Crippen molar-refractivity contribution in [1.29, 1.82) is 0 Å². The van der Waals surface area contributed by atoms with Gasteiger partial charge < -0.3 is 10.1 Å². The number of benzene rings is 1. The topological polar surface area (TPSA) is 77.0 Å². The van der Waals surface area contributed by atoms with Crippen LogP contribution in [0.4, 0.5) is 0 Å². The molecule has 6 heteroatoms. The number of methoxy groups -OCH3 is 1. The molecule has 0 atom stereocenters. The third-order valence-corrected chi connectivity index (χ3v) is 3.23. The van der Waals surface area contributed by atoms with Gasteiger partial charge >= 0.3 is 0 Å². The first-order chi connectivity index (χ1) is 10.8. The molecule has 22 heavy (non-hydrogen) atoms. The van der Waals surface area contributed by atoms with Gasteiger partial charge in [-0.1, -0.05) is 0 Å². The minimum Gasteiger partial charge on any atom is -0.481 e. The van der Waals surface area contributed by atoms with Crippen molar-refractivity contribution in [2.75, 3.05) is 7.11 Å². The number of hydrogen-bond acceptors (Lipinski definition) is 5. The van der Waals surface area contributed by atoms with Crippen LogP contribution in [0.3, 0.4) is 0 Å². The first-order valence-electron chi connectivity index (χ1n) is 6.73. The van der Waals surface area contributed by atoms with Gasteiger partial charge in [-0.25, -0.2) is 15.0 Å². The summed E-state index contributed by atoms with van der Waals surface area (Å²) < 4.78 is 5.06. The average Bonchev–Trinajstić information content (AvgIpc) is 2.59. The van der Waals surface area contributed by atoms with Gasteiger partial charge in [0.25, 0.3) is 5.91 Å². The Labute approximate surface area is 127 Å². The van der Waals surface area contributed by atoms with Crippen LogP contribution >= 0.6 is 0 Å². The second-order valence-corrected chi connectivity index (χ2v) is 4.69. The standard InChI is InChI=1S/C16H14N4O2/c1-22-15-6-11(4-5-18-15)8-19-16(21)12-2-3-14-13(7-12)9-17-10-20-14/h2-7,9-10H,8H2,1H3,(H,19,21). The third-order valence-electron chi connectivity index (χ3n) is 3.23. The highest BCUT2D eigenvalue weighted by Gasteiger charge is 2.07. The summed E-state index contributed by atoms with van der Waals surface area (Å²) >= 11 is 0. The van der Waals surface area contributed by atoms with Crippen molar-refractivity contribution >= 4 is 16.8 Å². The Hall–Kier alpha value is -3.02. The predicted octanol–water partition coefficient (Wildman–Crippen LogP) is 1.96. The lowest BCUT2D eigenvalue weighted by molar-refractivity contribution is 0.0951. The molecule has 2 aromatic heterocycles. The van der Waals surface area contributed by atoms with Crippen LogP contribution in [0.5, 0.6) is 5.88 Å². The Balaban J connectivity index is 1.72. The van der Waals surface area contributed by atoms with Crippen LogP contribution in [0.2, 0.25) is 0 Å². The highest BCUT2D eigenvalue weighted by atomic mass is 16.5. The van der Waals surface area contributed by atoms with Gasteiger partial charge in [0.2, 0.25) is 5.88 Å². The van der Waals surface area contributed by atoms with Crippen LogP contribution in [0, 0.1) is 0 Å². The predicted molar refractivity (Wildman–Crippen MR) is 81.5 cm³/mol. The first-order valence-corrected chi connectivity index (χ1v) is 6.73. The van der Waals surface area contributed by atoms with Crippen molar-refractivity contribution in [2.24, 2.45) is 0 Å². The molecule has 1 N–H and O–H groups in total. The van der Waals surface area contributed by atoms with Crippen LogP contribution in [0.15, 0.2) is 49.1 Å². The number of carbonyl (C=O) groups excluding carboxylic acids is 1. The maximum absolute atomic E-state index is 12.2. The number of nitrogens with one attached hydrogen (secondary N) is 1. The molecule has 0 radical (unpaired) electrons. The van der Waals surface area contributed by atoms with Gasteiger partial charge in [0.15, 0.2) is 0 Å². The van der Waals surface area contributed by atoms with Gasteiger partial charge in [-0.2, -0.15) is 0 Å². The number of hydrogen-bond donors (Lipinski definition) is 1. The monoisotopic (exact) mass is 294 g/mol. The second kappa shape index (κ2) is 6.17. The molecule has 3 rings (SSSR count). The highest BCUT2D eigenvalue weighted by Crippen LogP contribution is 2.13. The van der Waals surface area contributed by atoms with E-state index in [-0.39, 0.29) is 5.91 Å². The smallest absolute Gasteiger partial charge is 0.251 e. The fourth-order valence-corrected chi connectivity index (χ4v) is 2.08. The van der Waals surface area contributed by atoms with Gasteiger partial charge in [-0.05, 0) is 29.8 Å². The van der Waals surface area contributed by atoms with E-state index in [2.05, 4.69) is 20.3 Å². The van der Waals surface area contributed by atoms with Crippen LogP contribution in [-0.2, 0) is 6.54 Å². The lowest BCUT2D eigenvalue weighted by Crippen LogP contribution is -2.22. The summed E-state index contributed by atoms with van der Waals surface area (Å²) in [6.45, 7) is 0.404. The molecule has 2 heterocycles. The number of rotatable bonds is 4. The molecule has 0 aliphatic heterocycles. The van der Waals surface area contributed by atoms with E-state index in [0.29, 0.717) is 18.0 Å². The summed E-state index contributed by atoms with van der Waals surface area (Å²) in [6, 6.07) is 8.95. The van der Waals surface area contributed by atoms with Gasteiger partial charge in [0, 0.05) is 36.0 Å². The normalized spacial score (nSPS) is 10.4. The van der Waals surface area contributed by atoms with E-state index in [0.717, 1.165) is 16.5 Å². The summed E-state index contributed by atoms with van der Waals surface area (Å²) in [4.78, 5) is 24.3. The van der Waals surface area contributed by atoms with Gasteiger partial charge in [0.1, 0.15) is 6.33 Å². The van der Waals surface area contributed by atoms with Gasteiger partial charge in [-0.3, -0.25) is 4.79 Å². The quantitative estimate of drug-likeness (QED) is 0.796. The molecule has 6 nitrogen and oxygen atoms in total. The van der Waals surface area contributed by atoms with Crippen molar-refractivity contribution in [1.82, 2.24) is 20.3 Å². The minimum atomic E-state index is -0.151. The van der Waals surface area contributed by atoms with Crippen molar-refractivity contribution in [3.05, 3.63) is 60.2 Å². The lowest BCUT2D eigenvalue weighted by Gasteiger charge is -2.07. The van der Waals surface area contributed by atoms with E-state index in [9.17, 15) is 4.79 Å². The molecule has 0 saturated carbocycles. The molecule has 3 aromatic rings. The molecule has 0 fully saturated rings. The summed E-state index contributed by atoms with van der Waals surface area (Å²) in [5, 5.41) is 3.70. The number of aromatic nitrogens is 3. The molecule has 0 aliphatic carbocycles. The zero-order chi connectivity index (χ0) is 15.4. The first kappa shape index (κ1) is 13.9.